The molecule has 0 fully saturated rings. The van der Waals surface area contributed by atoms with Crippen molar-refractivity contribution in [1.82, 2.24) is 0 Å². The normalized spacial score (nSPS) is 10.2. The van der Waals surface area contributed by atoms with Crippen LogP contribution in [0, 0.1) is 6.92 Å². The lowest BCUT2D eigenvalue weighted by Crippen LogP contribution is -2.27. The average Bonchev–Trinajstić information content (AvgIpc) is 2.46. The van der Waals surface area contributed by atoms with Crippen LogP contribution in [0.25, 0.3) is 0 Å². The first-order chi connectivity index (χ1) is 9.54. The molecule has 2 rings (SSSR count). The van der Waals surface area contributed by atoms with E-state index in [2.05, 4.69) is 0 Å². The fourth-order valence-corrected chi connectivity index (χ4v) is 2.09. The third-order valence-corrected chi connectivity index (χ3v) is 3.26. The SMILES string of the molecule is COc1cccc(N(C)C(=O)c2c(C)cccc2N)c1. The number of nitrogens with zero attached hydrogens (tertiary/aromatic N) is 1. The summed E-state index contributed by atoms with van der Waals surface area (Å²) >= 11 is 0. The number of benzene rings is 2. The van der Waals surface area contributed by atoms with Crippen LogP contribution in [0.4, 0.5) is 11.4 Å². The van der Waals surface area contributed by atoms with E-state index in [0.717, 1.165) is 11.3 Å². The Bertz CT molecular complexity index is 618. The first kappa shape index (κ1) is 13.9. The molecule has 0 radical (unpaired) electrons. The van der Waals surface area contributed by atoms with Crippen LogP contribution in [0.15, 0.2) is 42.5 Å². The summed E-state index contributed by atoms with van der Waals surface area (Å²) in [6, 6.07) is 12.8. The number of nitrogen functional groups attached to an aromatic ring is 1. The predicted octanol–water partition coefficient (Wildman–Crippen LogP) is 2.86. The number of aryl methyl sites for hydroxylation is 1. The highest BCUT2D eigenvalue weighted by Crippen LogP contribution is 2.24. The zero-order valence-corrected chi connectivity index (χ0v) is 11.9. The van der Waals surface area contributed by atoms with Gasteiger partial charge >= 0.3 is 0 Å². The van der Waals surface area contributed by atoms with Gasteiger partial charge in [0.1, 0.15) is 5.75 Å². The van der Waals surface area contributed by atoms with Gasteiger partial charge in [-0.3, -0.25) is 4.79 Å². The largest absolute Gasteiger partial charge is 0.497 e. The van der Waals surface area contributed by atoms with Crippen molar-refractivity contribution in [2.75, 3.05) is 24.8 Å². The molecule has 0 heterocycles. The van der Waals surface area contributed by atoms with Crippen molar-refractivity contribution in [3.8, 4) is 5.75 Å². The maximum atomic E-state index is 12.6. The Hall–Kier alpha value is -2.49. The van der Waals surface area contributed by atoms with E-state index in [1.165, 1.54) is 0 Å². The van der Waals surface area contributed by atoms with Crippen molar-refractivity contribution in [2.45, 2.75) is 6.92 Å². The summed E-state index contributed by atoms with van der Waals surface area (Å²) in [5.41, 5.74) is 8.58. The third-order valence-electron chi connectivity index (χ3n) is 3.26. The average molecular weight is 270 g/mol. The van der Waals surface area contributed by atoms with Crippen LogP contribution in [-0.4, -0.2) is 20.1 Å². The van der Waals surface area contributed by atoms with E-state index < -0.39 is 0 Å². The molecule has 0 saturated carbocycles. The van der Waals surface area contributed by atoms with Gasteiger partial charge in [0.2, 0.25) is 0 Å². The van der Waals surface area contributed by atoms with Gasteiger partial charge in [0.15, 0.2) is 0 Å². The van der Waals surface area contributed by atoms with Gasteiger partial charge < -0.3 is 15.4 Å². The van der Waals surface area contributed by atoms with Crippen molar-refractivity contribution in [2.24, 2.45) is 0 Å². The molecule has 0 spiro atoms. The number of anilines is 2. The molecular formula is C16H18N2O2. The topological polar surface area (TPSA) is 55.6 Å². The molecule has 0 aromatic heterocycles. The van der Waals surface area contributed by atoms with Crippen molar-refractivity contribution in [3.05, 3.63) is 53.6 Å². The monoisotopic (exact) mass is 270 g/mol. The number of nitrogens with two attached hydrogens (primary N) is 1. The van der Waals surface area contributed by atoms with Crippen LogP contribution in [-0.2, 0) is 0 Å². The van der Waals surface area contributed by atoms with Crippen LogP contribution in [0.2, 0.25) is 0 Å². The Balaban J connectivity index is 2.37. The van der Waals surface area contributed by atoms with Gasteiger partial charge in [-0.2, -0.15) is 0 Å². The first-order valence-electron chi connectivity index (χ1n) is 6.31. The Labute approximate surface area is 118 Å². The Kier molecular flexibility index (Phi) is 3.94. The summed E-state index contributed by atoms with van der Waals surface area (Å²) in [6.45, 7) is 1.88. The molecule has 0 saturated heterocycles. The highest BCUT2D eigenvalue weighted by molar-refractivity contribution is 6.10. The van der Waals surface area contributed by atoms with E-state index >= 15 is 0 Å². The quantitative estimate of drug-likeness (QED) is 0.872. The van der Waals surface area contributed by atoms with Gasteiger partial charge in [0, 0.05) is 24.5 Å². The van der Waals surface area contributed by atoms with Crippen molar-refractivity contribution >= 4 is 17.3 Å². The fourth-order valence-electron chi connectivity index (χ4n) is 2.09. The molecule has 0 atom stereocenters. The maximum Gasteiger partial charge on any atom is 0.260 e. The fraction of sp³-hybridized carbons (Fsp3) is 0.188. The first-order valence-corrected chi connectivity index (χ1v) is 6.31. The molecule has 1 amide bonds. The summed E-state index contributed by atoms with van der Waals surface area (Å²) in [5.74, 6) is 0.578. The number of ether oxygens (including phenoxy) is 1. The van der Waals surface area contributed by atoms with Crippen LogP contribution in [0.5, 0.6) is 5.75 Å². The highest BCUT2D eigenvalue weighted by Gasteiger charge is 2.18. The summed E-state index contributed by atoms with van der Waals surface area (Å²) in [5, 5.41) is 0. The van der Waals surface area contributed by atoms with Gasteiger partial charge in [0.05, 0.1) is 12.7 Å². The lowest BCUT2D eigenvalue weighted by atomic mass is 10.1. The minimum absolute atomic E-state index is 0.131. The number of hydrogen-bond donors (Lipinski definition) is 1. The minimum Gasteiger partial charge on any atom is -0.497 e. The Morgan fingerprint density at radius 2 is 1.90 bits per heavy atom. The van der Waals surface area contributed by atoms with Crippen molar-refractivity contribution < 1.29 is 9.53 Å². The minimum atomic E-state index is -0.131. The molecule has 0 aliphatic heterocycles. The van der Waals surface area contributed by atoms with Crippen molar-refractivity contribution in [3.63, 3.8) is 0 Å². The maximum absolute atomic E-state index is 12.6. The number of rotatable bonds is 3. The van der Waals surface area contributed by atoms with E-state index in [0.29, 0.717) is 17.0 Å². The second-order valence-electron chi connectivity index (χ2n) is 4.60. The molecule has 2 aromatic carbocycles. The van der Waals surface area contributed by atoms with E-state index in [-0.39, 0.29) is 5.91 Å². The zero-order valence-electron chi connectivity index (χ0n) is 11.9. The second kappa shape index (κ2) is 5.65. The third kappa shape index (κ3) is 2.59. The number of carbonyl (C=O) groups excluding carboxylic acids is 1. The summed E-state index contributed by atoms with van der Waals surface area (Å²) in [7, 11) is 3.32. The highest BCUT2D eigenvalue weighted by atomic mass is 16.5. The standard InChI is InChI=1S/C16H18N2O2/c1-11-6-4-9-14(17)15(11)16(19)18(2)12-7-5-8-13(10-12)20-3/h4-10H,17H2,1-3H3. The number of carbonyl (C=O) groups is 1. The molecular weight excluding hydrogens is 252 g/mol. The van der Waals surface area contributed by atoms with E-state index in [9.17, 15) is 4.79 Å². The van der Waals surface area contributed by atoms with Crippen molar-refractivity contribution in [1.29, 1.82) is 0 Å². The Morgan fingerprint density at radius 3 is 2.55 bits per heavy atom. The molecule has 0 unspecified atom stereocenters. The summed E-state index contributed by atoms with van der Waals surface area (Å²) in [6.07, 6.45) is 0. The van der Waals surface area contributed by atoms with E-state index in [4.69, 9.17) is 10.5 Å². The smallest absolute Gasteiger partial charge is 0.260 e. The molecule has 2 aromatic rings. The molecule has 20 heavy (non-hydrogen) atoms. The lowest BCUT2D eigenvalue weighted by molar-refractivity contribution is 0.0993. The van der Waals surface area contributed by atoms with Gasteiger partial charge in [-0.05, 0) is 30.7 Å². The zero-order chi connectivity index (χ0) is 14.7. The second-order valence-corrected chi connectivity index (χ2v) is 4.60. The molecule has 0 bridgehead atoms. The van der Waals surface area contributed by atoms with Crippen LogP contribution >= 0.6 is 0 Å². The van der Waals surface area contributed by atoms with Gasteiger partial charge in [-0.15, -0.1) is 0 Å². The molecule has 0 aliphatic rings. The molecule has 0 aliphatic carbocycles. The summed E-state index contributed by atoms with van der Waals surface area (Å²) in [4.78, 5) is 14.2. The van der Waals surface area contributed by atoms with Gasteiger partial charge in [0.25, 0.3) is 5.91 Å². The number of methoxy groups -OCH3 is 1. The molecule has 2 N–H and O–H groups in total. The van der Waals surface area contributed by atoms with Gasteiger partial charge in [-0.1, -0.05) is 18.2 Å². The lowest BCUT2D eigenvalue weighted by Gasteiger charge is -2.20. The van der Waals surface area contributed by atoms with Crippen LogP contribution in [0.3, 0.4) is 0 Å². The molecule has 4 nitrogen and oxygen atoms in total. The van der Waals surface area contributed by atoms with Crippen LogP contribution < -0.4 is 15.4 Å². The van der Waals surface area contributed by atoms with E-state index in [1.54, 1.807) is 25.1 Å². The van der Waals surface area contributed by atoms with Crippen LogP contribution in [0.1, 0.15) is 15.9 Å². The summed E-state index contributed by atoms with van der Waals surface area (Å²) < 4.78 is 5.18. The molecule has 104 valence electrons. The van der Waals surface area contributed by atoms with E-state index in [1.807, 2.05) is 43.3 Å². The predicted molar refractivity (Wildman–Crippen MR) is 81.3 cm³/mol. The Morgan fingerprint density at radius 1 is 1.20 bits per heavy atom. The molecule has 4 heteroatoms. The number of hydrogen-bond acceptors (Lipinski definition) is 3. The van der Waals surface area contributed by atoms with Gasteiger partial charge in [-0.25, -0.2) is 0 Å². The number of amides is 1.